The molecule has 138 valence electrons. The molecule has 0 N–H and O–H groups in total. The number of aryl methyl sites for hydroxylation is 1. The first-order valence-electron chi connectivity index (χ1n) is 8.88. The lowest BCUT2D eigenvalue weighted by molar-refractivity contribution is -0.304. The fourth-order valence-electron chi connectivity index (χ4n) is 3.26. The Bertz CT molecular complexity index is 1130. The van der Waals surface area contributed by atoms with Crippen molar-refractivity contribution >= 4 is 49.3 Å². The van der Waals surface area contributed by atoms with Crippen molar-refractivity contribution in [1.82, 2.24) is 9.55 Å². The average molecular weight is 397 g/mol. The maximum absolute atomic E-state index is 11.4. The van der Waals surface area contributed by atoms with Crippen molar-refractivity contribution in [1.29, 1.82) is 0 Å². The third-order valence-corrected chi connectivity index (χ3v) is 7.99. The van der Waals surface area contributed by atoms with Crippen molar-refractivity contribution in [3.8, 4) is 0 Å². The van der Waals surface area contributed by atoms with E-state index in [1.54, 1.807) is 0 Å². The molecule has 4 aromatic rings. The first-order chi connectivity index (χ1) is 13.1. The Morgan fingerprint density at radius 2 is 2.04 bits per heavy atom. The number of benzene rings is 2. The average Bonchev–Trinajstić information content (AvgIpc) is 3.23. The number of carbonyl (C=O) groups is 1. The Morgan fingerprint density at radius 1 is 1.22 bits per heavy atom. The van der Waals surface area contributed by atoms with E-state index in [4.69, 9.17) is 4.98 Å². The Balaban J connectivity index is 1.80. The lowest BCUT2D eigenvalue weighted by atomic mass is 10.2. The maximum Gasteiger partial charge on any atom is 0.207 e. The number of rotatable bonds is 6. The van der Waals surface area contributed by atoms with Gasteiger partial charge in [0.2, 0.25) is 5.88 Å². The Hall–Kier alpha value is -2.31. The fourth-order valence-corrected chi connectivity index (χ4v) is 6.28. The van der Waals surface area contributed by atoms with Gasteiger partial charge in [0.1, 0.15) is 5.38 Å². The molecule has 0 radical (unpaired) electrons. The van der Waals surface area contributed by atoms with Crippen LogP contribution in [0.3, 0.4) is 0 Å². The van der Waals surface area contributed by atoms with Gasteiger partial charge in [-0.05, 0) is 37.1 Å². The number of fused-ring (bicyclic) bond motifs is 2. The molecule has 0 aliphatic heterocycles. The number of thioether (sulfide) groups is 1. The second kappa shape index (κ2) is 7.37. The van der Waals surface area contributed by atoms with Crippen molar-refractivity contribution in [2.24, 2.45) is 0 Å². The summed E-state index contributed by atoms with van der Waals surface area (Å²) in [4.78, 5) is 16.1. The van der Waals surface area contributed by atoms with Crippen LogP contribution >= 0.6 is 22.2 Å². The lowest BCUT2D eigenvalue weighted by Gasteiger charge is -2.15. The van der Waals surface area contributed by atoms with Crippen LogP contribution in [0.1, 0.15) is 18.9 Å². The maximum atomic E-state index is 11.4. The number of hydrogen-bond donors (Lipinski definition) is 0. The first-order valence-corrected chi connectivity index (χ1v) is 11.2. The summed E-state index contributed by atoms with van der Waals surface area (Å²) in [7, 11) is -0.0696. The van der Waals surface area contributed by atoms with E-state index in [1.165, 1.54) is 27.4 Å². The van der Waals surface area contributed by atoms with Crippen molar-refractivity contribution in [3.05, 3.63) is 59.5 Å². The van der Waals surface area contributed by atoms with E-state index in [9.17, 15) is 9.90 Å². The molecule has 0 aliphatic carbocycles. The second-order valence-corrected chi connectivity index (χ2v) is 9.49. The van der Waals surface area contributed by atoms with Crippen molar-refractivity contribution < 1.29 is 9.90 Å². The van der Waals surface area contributed by atoms with E-state index in [2.05, 4.69) is 41.1 Å². The SMILES string of the molecule is CCC(Sc1nc2ccccc2n1C[s+]1ccc2c(C)cccc21)C(=O)[O-]. The van der Waals surface area contributed by atoms with Gasteiger partial charge in [0.05, 0.1) is 22.3 Å². The minimum absolute atomic E-state index is 0.0696. The van der Waals surface area contributed by atoms with Gasteiger partial charge >= 0.3 is 0 Å². The second-order valence-electron chi connectivity index (χ2n) is 6.49. The van der Waals surface area contributed by atoms with Crippen LogP contribution in [0.5, 0.6) is 0 Å². The molecule has 6 heteroatoms. The highest BCUT2D eigenvalue weighted by Crippen LogP contribution is 2.37. The molecular formula is C21H20N2O2S2. The van der Waals surface area contributed by atoms with E-state index >= 15 is 0 Å². The molecule has 27 heavy (non-hydrogen) atoms. The number of carboxylic acids is 1. The molecule has 4 rings (SSSR count). The smallest absolute Gasteiger partial charge is 0.207 e. The van der Waals surface area contributed by atoms with Gasteiger partial charge in [0.15, 0.2) is 9.86 Å². The van der Waals surface area contributed by atoms with Gasteiger partial charge in [-0.1, -0.05) is 43.0 Å². The topological polar surface area (TPSA) is 58.0 Å². The summed E-state index contributed by atoms with van der Waals surface area (Å²) in [6.07, 6.45) is 0.504. The molecule has 2 heterocycles. The van der Waals surface area contributed by atoms with E-state index in [-0.39, 0.29) is 10.5 Å². The molecule has 0 aliphatic rings. The zero-order valence-corrected chi connectivity index (χ0v) is 16.8. The van der Waals surface area contributed by atoms with Crippen LogP contribution in [0.2, 0.25) is 0 Å². The van der Waals surface area contributed by atoms with Gasteiger partial charge in [-0.15, -0.1) is 0 Å². The summed E-state index contributed by atoms with van der Waals surface area (Å²) in [5.74, 6) is -0.274. The zero-order valence-electron chi connectivity index (χ0n) is 15.2. The molecule has 4 nitrogen and oxygen atoms in total. The van der Waals surface area contributed by atoms with Crippen LogP contribution in [-0.4, -0.2) is 20.8 Å². The molecule has 0 fully saturated rings. The summed E-state index contributed by atoms with van der Waals surface area (Å²) in [5, 5.41) is 15.1. The summed E-state index contributed by atoms with van der Waals surface area (Å²) < 4.78 is 3.51. The lowest BCUT2D eigenvalue weighted by Crippen LogP contribution is -2.33. The number of hydrogen-bond acceptors (Lipinski definition) is 4. The van der Waals surface area contributed by atoms with E-state index in [0.717, 1.165) is 22.1 Å². The highest BCUT2D eigenvalue weighted by atomic mass is 32.2. The largest absolute Gasteiger partial charge is 0.549 e. The van der Waals surface area contributed by atoms with Crippen molar-refractivity contribution in [2.45, 2.75) is 36.6 Å². The van der Waals surface area contributed by atoms with Crippen LogP contribution in [0.4, 0.5) is 0 Å². The minimum Gasteiger partial charge on any atom is -0.549 e. The number of nitrogens with zero attached hydrogens (tertiary/aromatic N) is 2. The van der Waals surface area contributed by atoms with E-state index in [0.29, 0.717) is 6.42 Å². The molecule has 2 unspecified atom stereocenters. The number of carboxylic acid groups (broad SMARTS) is 1. The van der Waals surface area contributed by atoms with Gasteiger partial charge in [-0.25, -0.2) is 4.98 Å². The quantitative estimate of drug-likeness (QED) is 0.359. The standard InChI is InChI=1S/C21H20N2O2S2/c1-3-18(20(24)25)26-21-22-16-8-4-5-9-17(16)23(21)13-27-12-11-15-14(2)7-6-10-19(15)27/h4-12,18H,3,13H2,1-2H3. The van der Waals surface area contributed by atoms with Crippen LogP contribution in [0.15, 0.2) is 59.1 Å². The fraction of sp³-hybridized carbons (Fsp3) is 0.238. The Morgan fingerprint density at radius 3 is 2.81 bits per heavy atom. The predicted molar refractivity (Wildman–Crippen MR) is 111 cm³/mol. The molecule has 2 aromatic carbocycles. The number of imidazole rings is 1. The normalized spacial score (nSPS) is 13.3. The van der Waals surface area contributed by atoms with Crippen molar-refractivity contribution in [2.75, 3.05) is 0 Å². The molecule has 0 saturated carbocycles. The molecule has 2 atom stereocenters. The number of thiophene rings is 1. The summed E-state index contributed by atoms with van der Waals surface area (Å²) >= 11 is 1.29. The van der Waals surface area contributed by atoms with Gasteiger partial charge in [0, 0.05) is 21.9 Å². The predicted octanol–water partition coefficient (Wildman–Crippen LogP) is 4.37. The number of para-hydroxylation sites is 2. The monoisotopic (exact) mass is 396 g/mol. The van der Waals surface area contributed by atoms with Gasteiger partial charge in [-0.3, -0.25) is 4.57 Å². The van der Waals surface area contributed by atoms with Gasteiger partial charge in [0.25, 0.3) is 0 Å². The highest BCUT2D eigenvalue weighted by molar-refractivity contribution is 8.00. The zero-order chi connectivity index (χ0) is 19.0. The van der Waals surface area contributed by atoms with E-state index < -0.39 is 11.2 Å². The van der Waals surface area contributed by atoms with Gasteiger partial charge < -0.3 is 9.90 Å². The molecular weight excluding hydrogens is 376 g/mol. The minimum atomic E-state index is -1.04. The van der Waals surface area contributed by atoms with Crippen LogP contribution in [0, 0.1) is 6.92 Å². The van der Waals surface area contributed by atoms with Gasteiger partial charge in [-0.2, -0.15) is 0 Å². The molecule has 0 spiro atoms. The summed E-state index contributed by atoms with van der Waals surface area (Å²) in [6, 6.07) is 16.6. The molecule has 0 bridgehead atoms. The molecule has 2 aromatic heterocycles. The first kappa shape index (κ1) is 18.1. The highest BCUT2D eigenvalue weighted by Gasteiger charge is 2.21. The molecule has 0 saturated heterocycles. The van der Waals surface area contributed by atoms with Crippen LogP contribution in [0.25, 0.3) is 21.1 Å². The van der Waals surface area contributed by atoms with Crippen LogP contribution in [-0.2, 0) is 10.7 Å². The third-order valence-electron chi connectivity index (χ3n) is 4.73. The number of carbonyl (C=O) groups excluding carboxylic acids is 1. The van der Waals surface area contributed by atoms with E-state index in [1.807, 2.05) is 31.2 Å². The Labute approximate surface area is 164 Å². The number of aromatic nitrogens is 2. The molecule has 0 amide bonds. The summed E-state index contributed by atoms with van der Waals surface area (Å²) in [5.41, 5.74) is 3.21. The summed E-state index contributed by atoms with van der Waals surface area (Å²) in [6.45, 7) is 4.00. The Kier molecular flexibility index (Phi) is 4.93. The number of aliphatic carboxylic acids is 1. The third kappa shape index (κ3) is 3.35. The van der Waals surface area contributed by atoms with Crippen LogP contribution < -0.4 is 5.11 Å². The van der Waals surface area contributed by atoms with Crippen molar-refractivity contribution in [3.63, 3.8) is 0 Å².